The predicted molar refractivity (Wildman–Crippen MR) is 124 cm³/mol. The van der Waals surface area contributed by atoms with Crippen molar-refractivity contribution in [2.24, 2.45) is 0 Å². The highest BCUT2D eigenvalue weighted by molar-refractivity contribution is 5.91. The van der Waals surface area contributed by atoms with Gasteiger partial charge in [-0.05, 0) is 59.8 Å². The molecule has 0 saturated carbocycles. The largest absolute Gasteiger partial charge is 0.495 e. The summed E-state index contributed by atoms with van der Waals surface area (Å²) in [6.45, 7) is 2.41. The van der Waals surface area contributed by atoms with Crippen LogP contribution in [-0.4, -0.2) is 23.0 Å². The normalized spacial score (nSPS) is 10.8. The summed E-state index contributed by atoms with van der Waals surface area (Å²) in [6, 6.07) is 18.2. The topological polar surface area (TPSA) is 87.6 Å². The third kappa shape index (κ3) is 4.67. The minimum atomic E-state index is -0.368. The molecule has 4 rings (SSSR count). The van der Waals surface area contributed by atoms with Crippen molar-refractivity contribution in [3.05, 3.63) is 94.2 Å². The van der Waals surface area contributed by atoms with Crippen LogP contribution in [0.2, 0.25) is 0 Å². The number of carbonyl (C=O) groups is 1. The summed E-state index contributed by atoms with van der Waals surface area (Å²) >= 11 is 0. The minimum absolute atomic E-state index is 0.114. The molecule has 0 aliphatic heterocycles. The lowest BCUT2D eigenvalue weighted by Crippen LogP contribution is -2.35. The first-order chi connectivity index (χ1) is 15.6. The Morgan fingerprint density at radius 2 is 1.94 bits per heavy atom. The molecule has 0 aliphatic carbocycles. The highest BCUT2D eigenvalue weighted by atomic mass is 16.5. The SMILES string of the molecule is CCc1ccc2[nH]c(=O)c(CN(Cc3ccco3)C(=O)Nc3ccccc3OC)cc2c1. The van der Waals surface area contributed by atoms with Crippen molar-refractivity contribution in [2.45, 2.75) is 26.4 Å². The number of pyridine rings is 1. The zero-order valence-electron chi connectivity index (χ0n) is 18.1. The van der Waals surface area contributed by atoms with E-state index in [2.05, 4.69) is 23.3 Å². The van der Waals surface area contributed by atoms with Crippen molar-refractivity contribution in [3.63, 3.8) is 0 Å². The number of rotatable bonds is 7. The van der Waals surface area contributed by atoms with Gasteiger partial charge in [0, 0.05) is 11.1 Å². The van der Waals surface area contributed by atoms with Gasteiger partial charge in [0.15, 0.2) is 0 Å². The second-order valence-corrected chi connectivity index (χ2v) is 7.46. The lowest BCUT2D eigenvalue weighted by Gasteiger charge is -2.23. The number of H-pyrrole nitrogens is 1. The molecular weight excluding hydrogens is 406 g/mol. The van der Waals surface area contributed by atoms with E-state index in [1.807, 2.05) is 30.3 Å². The zero-order chi connectivity index (χ0) is 22.5. The van der Waals surface area contributed by atoms with Gasteiger partial charge in [0.25, 0.3) is 5.56 Å². The Labute approximate surface area is 185 Å². The molecular formula is C25H25N3O4. The first kappa shape index (κ1) is 21.2. The average molecular weight is 431 g/mol. The number of ether oxygens (including phenoxy) is 1. The molecule has 0 saturated heterocycles. The molecule has 32 heavy (non-hydrogen) atoms. The van der Waals surface area contributed by atoms with Gasteiger partial charge < -0.3 is 24.4 Å². The molecule has 2 amide bonds. The number of methoxy groups -OCH3 is 1. The Hall–Kier alpha value is -4.00. The van der Waals surface area contributed by atoms with Crippen LogP contribution < -0.4 is 15.6 Å². The predicted octanol–water partition coefficient (Wildman–Crippen LogP) is 4.93. The number of hydrogen-bond donors (Lipinski definition) is 2. The summed E-state index contributed by atoms with van der Waals surface area (Å²) in [5, 5.41) is 3.81. The highest BCUT2D eigenvalue weighted by Gasteiger charge is 2.19. The third-order valence-corrected chi connectivity index (χ3v) is 5.32. The number of carbonyl (C=O) groups excluding carboxylic acids is 1. The van der Waals surface area contributed by atoms with E-state index in [9.17, 15) is 9.59 Å². The van der Waals surface area contributed by atoms with Crippen molar-refractivity contribution in [1.29, 1.82) is 0 Å². The highest BCUT2D eigenvalue weighted by Crippen LogP contribution is 2.24. The molecule has 0 radical (unpaired) electrons. The minimum Gasteiger partial charge on any atom is -0.495 e. The quantitative estimate of drug-likeness (QED) is 0.434. The number of fused-ring (bicyclic) bond motifs is 1. The molecule has 2 N–H and O–H groups in total. The van der Waals surface area contributed by atoms with Gasteiger partial charge in [-0.15, -0.1) is 0 Å². The van der Waals surface area contributed by atoms with Crippen LogP contribution >= 0.6 is 0 Å². The number of nitrogens with zero attached hydrogens (tertiary/aromatic N) is 1. The molecule has 0 spiro atoms. The number of anilines is 1. The molecule has 0 aliphatic rings. The van der Waals surface area contributed by atoms with Crippen molar-refractivity contribution >= 4 is 22.6 Å². The van der Waals surface area contributed by atoms with E-state index in [0.717, 1.165) is 17.3 Å². The maximum Gasteiger partial charge on any atom is 0.322 e. The van der Waals surface area contributed by atoms with Crippen LogP contribution in [0.5, 0.6) is 5.75 Å². The number of hydrogen-bond acceptors (Lipinski definition) is 4. The van der Waals surface area contributed by atoms with Crippen LogP contribution in [0.25, 0.3) is 10.9 Å². The molecule has 0 fully saturated rings. The molecule has 0 unspecified atom stereocenters. The molecule has 0 bridgehead atoms. The van der Waals surface area contributed by atoms with E-state index in [0.29, 0.717) is 22.8 Å². The lowest BCUT2D eigenvalue weighted by molar-refractivity contribution is 0.201. The Morgan fingerprint density at radius 1 is 1.09 bits per heavy atom. The average Bonchev–Trinajstić information content (AvgIpc) is 3.32. The second-order valence-electron chi connectivity index (χ2n) is 7.46. The maximum absolute atomic E-state index is 13.2. The molecule has 164 valence electrons. The van der Waals surface area contributed by atoms with Gasteiger partial charge in [-0.1, -0.05) is 25.1 Å². The molecule has 2 aromatic heterocycles. The fraction of sp³-hybridized carbons (Fsp3) is 0.200. The van der Waals surface area contributed by atoms with E-state index >= 15 is 0 Å². The van der Waals surface area contributed by atoms with Gasteiger partial charge in [0.1, 0.15) is 11.5 Å². The molecule has 4 aromatic rings. The van der Waals surface area contributed by atoms with Crippen molar-refractivity contribution in [2.75, 3.05) is 12.4 Å². The van der Waals surface area contributed by atoms with Gasteiger partial charge in [-0.3, -0.25) is 4.79 Å². The first-order valence-electron chi connectivity index (χ1n) is 10.4. The van der Waals surface area contributed by atoms with E-state index in [4.69, 9.17) is 9.15 Å². The van der Waals surface area contributed by atoms with Gasteiger partial charge in [0.05, 0.1) is 32.1 Å². The monoisotopic (exact) mass is 431 g/mol. The molecule has 7 nitrogen and oxygen atoms in total. The van der Waals surface area contributed by atoms with Crippen LogP contribution in [0, 0.1) is 0 Å². The summed E-state index contributed by atoms with van der Waals surface area (Å²) in [7, 11) is 1.55. The molecule has 2 heterocycles. The summed E-state index contributed by atoms with van der Waals surface area (Å²) < 4.78 is 10.8. The third-order valence-electron chi connectivity index (χ3n) is 5.32. The van der Waals surface area contributed by atoms with E-state index in [-0.39, 0.29) is 24.7 Å². The Morgan fingerprint density at radius 3 is 2.69 bits per heavy atom. The number of urea groups is 1. The summed E-state index contributed by atoms with van der Waals surface area (Å²) in [5.74, 6) is 1.17. The number of aryl methyl sites for hydroxylation is 1. The lowest BCUT2D eigenvalue weighted by atomic mass is 10.1. The first-order valence-corrected chi connectivity index (χ1v) is 10.4. The van der Waals surface area contributed by atoms with Crippen LogP contribution in [0.4, 0.5) is 10.5 Å². The fourth-order valence-electron chi connectivity index (χ4n) is 3.58. The van der Waals surface area contributed by atoms with E-state index in [1.165, 1.54) is 10.5 Å². The van der Waals surface area contributed by atoms with Crippen molar-refractivity contribution in [3.8, 4) is 5.75 Å². The number of amides is 2. The standard InChI is InChI=1S/C25H25N3O4/c1-3-17-10-11-21-18(13-17)14-19(24(29)26-21)15-28(16-20-7-6-12-32-20)25(30)27-22-8-4-5-9-23(22)31-2/h4-14H,3,15-16H2,1-2H3,(H,26,29)(H,27,30). The number of para-hydroxylation sites is 2. The van der Waals surface area contributed by atoms with Gasteiger partial charge >= 0.3 is 6.03 Å². The van der Waals surface area contributed by atoms with Gasteiger partial charge in [-0.25, -0.2) is 4.79 Å². The number of nitrogens with one attached hydrogen (secondary N) is 2. The maximum atomic E-state index is 13.2. The van der Waals surface area contributed by atoms with Crippen LogP contribution in [0.3, 0.4) is 0 Å². The van der Waals surface area contributed by atoms with Gasteiger partial charge in [-0.2, -0.15) is 0 Å². The fourth-order valence-corrected chi connectivity index (χ4v) is 3.58. The Balaban J connectivity index is 1.65. The summed E-state index contributed by atoms with van der Waals surface area (Å²) in [6.07, 6.45) is 2.46. The Kier molecular flexibility index (Phi) is 6.26. The second kappa shape index (κ2) is 9.43. The van der Waals surface area contributed by atoms with E-state index < -0.39 is 0 Å². The summed E-state index contributed by atoms with van der Waals surface area (Å²) in [4.78, 5) is 30.4. The van der Waals surface area contributed by atoms with Crippen LogP contribution in [0.1, 0.15) is 23.8 Å². The number of benzene rings is 2. The zero-order valence-corrected chi connectivity index (χ0v) is 18.1. The van der Waals surface area contributed by atoms with Crippen LogP contribution in [0.15, 0.2) is 76.1 Å². The van der Waals surface area contributed by atoms with Crippen molar-refractivity contribution < 1.29 is 13.9 Å². The number of furan rings is 1. The van der Waals surface area contributed by atoms with Crippen molar-refractivity contribution in [1.82, 2.24) is 9.88 Å². The van der Waals surface area contributed by atoms with Crippen LogP contribution in [-0.2, 0) is 19.5 Å². The van der Waals surface area contributed by atoms with Gasteiger partial charge in [0.2, 0.25) is 0 Å². The number of aromatic amines is 1. The molecule has 2 aromatic carbocycles. The number of aromatic nitrogens is 1. The smallest absolute Gasteiger partial charge is 0.322 e. The summed E-state index contributed by atoms with van der Waals surface area (Å²) in [5.41, 5.74) is 2.76. The van der Waals surface area contributed by atoms with E-state index in [1.54, 1.807) is 37.6 Å². The molecule has 7 heteroatoms. The molecule has 0 atom stereocenters. The Bertz CT molecular complexity index is 1280.